The summed E-state index contributed by atoms with van der Waals surface area (Å²) in [5.41, 5.74) is 0. The molecule has 10 heteroatoms. The summed E-state index contributed by atoms with van der Waals surface area (Å²) in [5, 5.41) is 42.7. The Bertz CT molecular complexity index is 212. The summed E-state index contributed by atoms with van der Waals surface area (Å²) in [6.07, 6.45) is 0. The molecule has 6 N–H and O–H groups in total. The van der Waals surface area contributed by atoms with Crippen LogP contribution in [0.2, 0.25) is 20.5 Å². The van der Waals surface area contributed by atoms with Crippen LogP contribution in [0.15, 0.2) is 0 Å². The highest BCUT2D eigenvalue weighted by Gasteiger charge is 2.21. The highest BCUT2D eigenvalue weighted by molar-refractivity contribution is 6.46. The standard InChI is InChI=1S/C8H24B3N3O4/c1-9(16)12-4-5-14(11(3)18)6-8(7-15)13-10(2)17/h8,12-13,15-18H,4-7H2,1-3H3/t8-/m1/s1. The zero-order valence-corrected chi connectivity index (χ0v) is 11.4. The average Bonchev–Trinajstić information content (AvgIpc) is 2.24. The van der Waals surface area contributed by atoms with Gasteiger partial charge in [-0.05, 0) is 27.0 Å². The molecule has 18 heavy (non-hydrogen) atoms. The summed E-state index contributed by atoms with van der Waals surface area (Å²) in [7, 11) is -1.97. The van der Waals surface area contributed by atoms with E-state index in [1.54, 1.807) is 25.3 Å². The van der Waals surface area contributed by atoms with Crippen LogP contribution in [0, 0.1) is 0 Å². The number of rotatable bonds is 10. The van der Waals surface area contributed by atoms with E-state index < -0.39 is 21.2 Å². The third-order valence-electron chi connectivity index (χ3n) is 2.52. The first-order valence-electron chi connectivity index (χ1n) is 6.25. The van der Waals surface area contributed by atoms with Gasteiger partial charge in [-0.15, -0.1) is 0 Å². The molecule has 0 radical (unpaired) electrons. The zero-order valence-electron chi connectivity index (χ0n) is 11.4. The van der Waals surface area contributed by atoms with Crippen LogP contribution in [0.3, 0.4) is 0 Å². The zero-order chi connectivity index (χ0) is 14.1. The van der Waals surface area contributed by atoms with E-state index in [0.717, 1.165) is 0 Å². The molecule has 0 fully saturated rings. The predicted molar refractivity (Wildman–Crippen MR) is 75.1 cm³/mol. The molecular formula is C8H24B3N3O4. The van der Waals surface area contributed by atoms with Crippen LogP contribution >= 0.6 is 0 Å². The van der Waals surface area contributed by atoms with E-state index in [-0.39, 0.29) is 12.6 Å². The largest absolute Gasteiger partial charge is 0.437 e. The number of nitrogens with one attached hydrogen (secondary N) is 2. The van der Waals surface area contributed by atoms with Gasteiger partial charge < -0.3 is 35.4 Å². The van der Waals surface area contributed by atoms with Crippen LogP contribution in [-0.2, 0) is 0 Å². The number of aliphatic hydroxyl groups excluding tert-OH is 1. The van der Waals surface area contributed by atoms with Gasteiger partial charge >= 0.3 is 21.2 Å². The van der Waals surface area contributed by atoms with Crippen molar-refractivity contribution in [2.75, 3.05) is 26.2 Å². The van der Waals surface area contributed by atoms with E-state index in [4.69, 9.17) is 5.02 Å². The molecule has 0 bridgehead atoms. The summed E-state index contributed by atoms with van der Waals surface area (Å²) < 4.78 is 0. The number of hydrogen-bond acceptors (Lipinski definition) is 7. The van der Waals surface area contributed by atoms with Crippen molar-refractivity contribution in [2.45, 2.75) is 26.5 Å². The molecule has 0 unspecified atom stereocenters. The monoisotopic (exact) mass is 259 g/mol. The van der Waals surface area contributed by atoms with E-state index in [0.29, 0.717) is 19.6 Å². The van der Waals surface area contributed by atoms with Crippen LogP contribution in [0.1, 0.15) is 0 Å². The number of hydrogen-bond donors (Lipinski definition) is 6. The normalized spacial score (nSPS) is 12.7. The molecule has 0 aliphatic heterocycles. The lowest BCUT2D eigenvalue weighted by atomic mass is 9.82. The second-order valence-corrected chi connectivity index (χ2v) is 4.48. The lowest BCUT2D eigenvalue weighted by Crippen LogP contribution is -2.53. The topological polar surface area (TPSA) is 108 Å². The molecule has 0 saturated heterocycles. The minimum Gasteiger partial charge on any atom is -0.437 e. The summed E-state index contributed by atoms with van der Waals surface area (Å²) in [5.74, 6) is 0. The van der Waals surface area contributed by atoms with Gasteiger partial charge in [-0.2, -0.15) is 0 Å². The Morgan fingerprint density at radius 2 is 1.72 bits per heavy atom. The Morgan fingerprint density at radius 1 is 1.11 bits per heavy atom. The lowest BCUT2D eigenvalue weighted by molar-refractivity contribution is 0.223. The second-order valence-electron chi connectivity index (χ2n) is 4.48. The molecule has 0 aromatic carbocycles. The van der Waals surface area contributed by atoms with Gasteiger partial charge in [0.25, 0.3) is 0 Å². The van der Waals surface area contributed by atoms with Crippen LogP contribution in [0.25, 0.3) is 0 Å². The lowest BCUT2D eigenvalue weighted by Gasteiger charge is -2.28. The maximum absolute atomic E-state index is 9.62. The molecule has 0 amide bonds. The second kappa shape index (κ2) is 9.79. The Balaban J connectivity index is 4.15. The van der Waals surface area contributed by atoms with Crippen molar-refractivity contribution >= 4 is 21.2 Å². The van der Waals surface area contributed by atoms with E-state index in [1.165, 1.54) is 0 Å². The van der Waals surface area contributed by atoms with Crippen molar-refractivity contribution in [3.8, 4) is 0 Å². The fourth-order valence-electron chi connectivity index (χ4n) is 1.64. The van der Waals surface area contributed by atoms with Gasteiger partial charge in [-0.3, -0.25) is 0 Å². The Morgan fingerprint density at radius 3 is 2.11 bits per heavy atom. The molecule has 0 rings (SSSR count). The summed E-state index contributed by atoms with van der Waals surface area (Å²) in [6, 6.07) is -0.314. The molecule has 0 saturated carbocycles. The van der Waals surface area contributed by atoms with Crippen LogP contribution in [-0.4, -0.2) is 78.4 Å². The number of aliphatic hydroxyl groups is 1. The van der Waals surface area contributed by atoms with Gasteiger partial charge in [0.1, 0.15) is 0 Å². The summed E-state index contributed by atoms with van der Waals surface area (Å²) in [6.45, 7) is 6.16. The van der Waals surface area contributed by atoms with E-state index in [9.17, 15) is 15.2 Å². The molecule has 0 spiro atoms. The van der Waals surface area contributed by atoms with Crippen LogP contribution in [0.5, 0.6) is 0 Å². The fourth-order valence-corrected chi connectivity index (χ4v) is 1.64. The molecule has 0 heterocycles. The highest BCUT2D eigenvalue weighted by Crippen LogP contribution is 1.96. The third-order valence-corrected chi connectivity index (χ3v) is 2.52. The highest BCUT2D eigenvalue weighted by atomic mass is 16.3. The molecule has 0 aliphatic rings. The molecular weight excluding hydrogens is 235 g/mol. The fraction of sp³-hybridized carbons (Fsp3) is 1.00. The molecule has 7 nitrogen and oxygen atoms in total. The van der Waals surface area contributed by atoms with Crippen molar-refractivity contribution < 1.29 is 20.2 Å². The first-order valence-corrected chi connectivity index (χ1v) is 6.25. The maximum atomic E-state index is 9.62. The molecule has 104 valence electrons. The molecule has 0 aromatic rings. The van der Waals surface area contributed by atoms with Crippen LogP contribution < -0.4 is 10.5 Å². The van der Waals surface area contributed by atoms with Crippen molar-refractivity contribution in [1.29, 1.82) is 0 Å². The Hall–Kier alpha value is -0.0852. The summed E-state index contributed by atoms with van der Waals surface area (Å²) >= 11 is 0. The van der Waals surface area contributed by atoms with Gasteiger partial charge in [-0.1, -0.05) is 0 Å². The molecule has 0 aliphatic carbocycles. The van der Waals surface area contributed by atoms with E-state index in [1.807, 2.05) is 0 Å². The SMILES string of the molecule is CB(O)NCCN(C[C@H](CO)NB(C)O)B(C)O. The minimum atomic E-state index is -0.714. The van der Waals surface area contributed by atoms with Gasteiger partial charge in [0.2, 0.25) is 0 Å². The van der Waals surface area contributed by atoms with Crippen molar-refractivity contribution in [2.24, 2.45) is 0 Å². The summed E-state index contributed by atoms with van der Waals surface area (Å²) in [4.78, 5) is 1.74. The number of nitrogens with zero attached hydrogens (tertiary/aromatic N) is 1. The average molecular weight is 259 g/mol. The quantitative estimate of drug-likeness (QED) is 0.234. The maximum Gasteiger partial charge on any atom is 0.376 e. The van der Waals surface area contributed by atoms with Crippen molar-refractivity contribution in [3.05, 3.63) is 0 Å². The first kappa shape index (κ1) is 17.9. The van der Waals surface area contributed by atoms with Crippen molar-refractivity contribution in [1.82, 2.24) is 15.3 Å². The van der Waals surface area contributed by atoms with Gasteiger partial charge in [0, 0.05) is 19.1 Å². The van der Waals surface area contributed by atoms with Crippen LogP contribution in [0.4, 0.5) is 0 Å². The smallest absolute Gasteiger partial charge is 0.376 e. The molecule has 1 atom stereocenters. The van der Waals surface area contributed by atoms with E-state index in [2.05, 4.69) is 10.5 Å². The Kier molecular flexibility index (Phi) is 9.75. The molecule has 0 aromatic heterocycles. The van der Waals surface area contributed by atoms with Gasteiger partial charge in [0.15, 0.2) is 0 Å². The van der Waals surface area contributed by atoms with Gasteiger partial charge in [0.05, 0.1) is 6.61 Å². The van der Waals surface area contributed by atoms with Gasteiger partial charge in [-0.25, -0.2) is 0 Å². The first-order chi connectivity index (χ1) is 8.36. The Labute approximate surface area is 110 Å². The van der Waals surface area contributed by atoms with E-state index >= 15 is 0 Å². The van der Waals surface area contributed by atoms with Crippen molar-refractivity contribution in [3.63, 3.8) is 0 Å². The minimum absolute atomic E-state index is 0.127. The predicted octanol–water partition coefficient (Wildman–Crippen LogP) is -2.84. The third kappa shape index (κ3) is 8.93.